The van der Waals surface area contributed by atoms with E-state index in [2.05, 4.69) is 95.6 Å². The van der Waals surface area contributed by atoms with Crippen molar-refractivity contribution in [2.75, 3.05) is 11.5 Å². The molecule has 1 aliphatic heterocycles. The second-order valence-electron chi connectivity index (χ2n) is 9.43. The maximum Gasteiger partial charge on any atom is 0.0754 e. The molecule has 0 saturated carbocycles. The molecule has 0 radical (unpaired) electrons. The molecule has 1 spiro atoms. The summed E-state index contributed by atoms with van der Waals surface area (Å²) >= 11 is 0. The van der Waals surface area contributed by atoms with Gasteiger partial charge < -0.3 is 16.0 Å². The fraction of sp³-hybridized carbons (Fsp3) is 0.0323. The van der Waals surface area contributed by atoms with Crippen LogP contribution in [-0.2, 0) is 5.41 Å². The molecule has 0 atom stereocenters. The molecule has 1 aromatic heterocycles. The summed E-state index contributed by atoms with van der Waals surface area (Å²) in [4.78, 5) is 0. The monoisotopic (exact) mass is 435 g/mol. The normalized spacial score (nSPS) is 14.4. The van der Waals surface area contributed by atoms with Gasteiger partial charge in [0, 0.05) is 22.1 Å². The average Bonchev–Trinajstić information content (AvgIpc) is 3.34. The molecule has 0 unspecified atom stereocenters. The van der Waals surface area contributed by atoms with Gasteiger partial charge in [0.25, 0.3) is 0 Å². The number of nitrogens with zero attached hydrogens (tertiary/aromatic N) is 1. The predicted molar refractivity (Wildman–Crippen MR) is 140 cm³/mol. The molecule has 1 aliphatic carbocycles. The van der Waals surface area contributed by atoms with E-state index < -0.39 is 5.41 Å². The van der Waals surface area contributed by atoms with Gasteiger partial charge in [0.05, 0.1) is 22.1 Å². The number of anilines is 2. The fourth-order valence-corrected chi connectivity index (χ4v) is 6.65. The predicted octanol–water partition coefficient (Wildman–Crippen LogP) is 6.62. The zero-order valence-electron chi connectivity index (χ0n) is 18.4. The highest BCUT2D eigenvalue weighted by Crippen LogP contribution is 2.61. The summed E-state index contributed by atoms with van der Waals surface area (Å²) in [5.74, 6) is 0. The van der Waals surface area contributed by atoms with Gasteiger partial charge >= 0.3 is 0 Å². The first kappa shape index (κ1) is 18.0. The van der Waals surface area contributed by atoms with Crippen LogP contribution in [0.25, 0.3) is 38.6 Å². The van der Waals surface area contributed by atoms with E-state index in [1.807, 2.05) is 12.1 Å². The minimum atomic E-state index is -0.438. The van der Waals surface area contributed by atoms with Crippen molar-refractivity contribution in [3.05, 3.63) is 125 Å². The summed E-state index contributed by atoms with van der Waals surface area (Å²) in [6, 6.07) is 37.0. The lowest BCUT2D eigenvalue weighted by Crippen LogP contribution is -2.33. The van der Waals surface area contributed by atoms with Gasteiger partial charge in [-0.1, -0.05) is 66.7 Å². The van der Waals surface area contributed by atoms with Crippen LogP contribution in [0.2, 0.25) is 0 Å². The highest BCUT2D eigenvalue weighted by molar-refractivity contribution is 6.12. The lowest BCUT2D eigenvalue weighted by atomic mass is 9.65. The molecule has 160 valence electrons. The van der Waals surface area contributed by atoms with Crippen molar-refractivity contribution in [2.45, 2.75) is 5.41 Å². The molecule has 0 fully saturated rings. The van der Waals surface area contributed by atoms with E-state index in [9.17, 15) is 0 Å². The van der Waals surface area contributed by atoms with Crippen LogP contribution in [0.5, 0.6) is 0 Å². The van der Waals surface area contributed by atoms with Crippen molar-refractivity contribution in [2.24, 2.45) is 0 Å². The van der Waals surface area contributed by atoms with Crippen molar-refractivity contribution in [3.8, 4) is 16.8 Å². The Morgan fingerprint density at radius 2 is 1.15 bits per heavy atom. The molecule has 6 aromatic rings. The largest absolute Gasteiger partial charge is 0.399 e. The first-order chi connectivity index (χ1) is 16.7. The summed E-state index contributed by atoms with van der Waals surface area (Å²) in [5.41, 5.74) is 24.9. The Morgan fingerprint density at radius 3 is 1.91 bits per heavy atom. The lowest BCUT2D eigenvalue weighted by Gasteiger charge is -2.39. The van der Waals surface area contributed by atoms with Gasteiger partial charge in [0.1, 0.15) is 0 Å². The molecule has 3 heteroatoms. The van der Waals surface area contributed by atoms with E-state index in [0.29, 0.717) is 0 Å². The van der Waals surface area contributed by atoms with E-state index in [1.165, 1.54) is 60.9 Å². The highest BCUT2D eigenvalue weighted by Gasteiger charge is 2.50. The summed E-state index contributed by atoms with van der Waals surface area (Å²) in [5, 5.41) is 2.56. The quantitative estimate of drug-likeness (QED) is 0.263. The van der Waals surface area contributed by atoms with Gasteiger partial charge in [-0.2, -0.15) is 0 Å². The Hall–Kier alpha value is -4.50. The number of aromatic nitrogens is 1. The molecule has 3 nitrogen and oxygen atoms in total. The van der Waals surface area contributed by atoms with Crippen LogP contribution in [0.1, 0.15) is 22.3 Å². The zero-order chi connectivity index (χ0) is 22.6. The molecule has 0 bridgehead atoms. The van der Waals surface area contributed by atoms with E-state index in [-0.39, 0.29) is 0 Å². The van der Waals surface area contributed by atoms with Crippen LogP contribution >= 0.6 is 0 Å². The Kier molecular flexibility index (Phi) is 3.11. The molecule has 8 rings (SSSR count). The summed E-state index contributed by atoms with van der Waals surface area (Å²) < 4.78 is 2.45. The molecular weight excluding hydrogens is 414 g/mol. The molecule has 2 aliphatic rings. The molecule has 0 amide bonds. The number of nitrogen functional groups attached to an aromatic ring is 2. The second-order valence-corrected chi connectivity index (χ2v) is 9.43. The molecule has 4 N–H and O–H groups in total. The van der Waals surface area contributed by atoms with E-state index in [0.717, 1.165) is 11.4 Å². The first-order valence-electron chi connectivity index (χ1n) is 11.6. The van der Waals surface area contributed by atoms with Gasteiger partial charge in [-0.25, -0.2) is 0 Å². The van der Waals surface area contributed by atoms with Gasteiger partial charge in [-0.3, -0.25) is 0 Å². The lowest BCUT2D eigenvalue weighted by molar-refractivity contribution is 0.748. The molecular formula is C31H21N3. The van der Waals surface area contributed by atoms with Gasteiger partial charge in [0.2, 0.25) is 0 Å². The topological polar surface area (TPSA) is 57.0 Å². The van der Waals surface area contributed by atoms with Crippen LogP contribution in [0.15, 0.2) is 103 Å². The molecule has 34 heavy (non-hydrogen) atoms. The second kappa shape index (κ2) is 5.89. The van der Waals surface area contributed by atoms with Crippen molar-refractivity contribution in [1.82, 2.24) is 4.57 Å². The number of para-hydroxylation sites is 3. The third-order valence-electron chi connectivity index (χ3n) is 7.83. The first-order valence-corrected chi connectivity index (χ1v) is 11.6. The van der Waals surface area contributed by atoms with Crippen LogP contribution in [0.3, 0.4) is 0 Å². The van der Waals surface area contributed by atoms with Crippen LogP contribution in [0.4, 0.5) is 11.4 Å². The minimum absolute atomic E-state index is 0.438. The number of hydrogen-bond acceptors (Lipinski definition) is 2. The van der Waals surface area contributed by atoms with Gasteiger partial charge in [-0.05, 0) is 69.8 Å². The Bertz CT molecular complexity index is 1790. The Balaban J connectivity index is 1.68. The number of benzene rings is 5. The third-order valence-corrected chi connectivity index (χ3v) is 7.83. The highest BCUT2D eigenvalue weighted by atomic mass is 15.0. The maximum absolute atomic E-state index is 6.31. The number of rotatable bonds is 0. The van der Waals surface area contributed by atoms with Gasteiger partial charge in [-0.15, -0.1) is 0 Å². The molecule has 0 saturated heterocycles. The average molecular weight is 436 g/mol. The number of fused-ring (bicyclic) bond motifs is 12. The number of nitrogens with two attached hydrogens (primary N) is 2. The summed E-state index contributed by atoms with van der Waals surface area (Å²) in [7, 11) is 0. The summed E-state index contributed by atoms with van der Waals surface area (Å²) in [6.07, 6.45) is 0. The molecule has 5 aromatic carbocycles. The van der Waals surface area contributed by atoms with E-state index >= 15 is 0 Å². The van der Waals surface area contributed by atoms with Crippen molar-refractivity contribution >= 4 is 33.2 Å². The van der Waals surface area contributed by atoms with Crippen molar-refractivity contribution in [1.29, 1.82) is 0 Å². The maximum atomic E-state index is 6.31. The zero-order valence-corrected chi connectivity index (χ0v) is 18.4. The van der Waals surface area contributed by atoms with Crippen LogP contribution in [0, 0.1) is 0 Å². The van der Waals surface area contributed by atoms with Gasteiger partial charge in [0.15, 0.2) is 0 Å². The Morgan fingerprint density at radius 1 is 0.529 bits per heavy atom. The molecule has 2 heterocycles. The van der Waals surface area contributed by atoms with Crippen LogP contribution < -0.4 is 11.5 Å². The SMILES string of the molecule is Nc1ccc2c(c1)-c1cc(N)ccc1C21c2ccccc2-n2c3ccccc3c3cccc1c32. The number of hydrogen-bond donors (Lipinski definition) is 2. The summed E-state index contributed by atoms with van der Waals surface area (Å²) in [6.45, 7) is 0. The third kappa shape index (κ3) is 1.87. The Labute approximate surface area is 196 Å². The van der Waals surface area contributed by atoms with E-state index in [1.54, 1.807) is 0 Å². The minimum Gasteiger partial charge on any atom is -0.399 e. The van der Waals surface area contributed by atoms with Crippen LogP contribution in [-0.4, -0.2) is 4.57 Å². The smallest absolute Gasteiger partial charge is 0.0754 e. The fourth-order valence-electron chi connectivity index (χ4n) is 6.65. The van der Waals surface area contributed by atoms with Crippen molar-refractivity contribution < 1.29 is 0 Å². The van der Waals surface area contributed by atoms with E-state index in [4.69, 9.17) is 11.5 Å². The standard InChI is InChI=1S/C31H21N3/c32-18-12-14-24-22(16-18)23-17-19(33)13-15-25(23)31(24)26-8-2-4-11-29(26)34-28-10-3-1-6-20(28)21-7-5-9-27(31)30(21)34/h1-17H,32-33H2. The van der Waals surface area contributed by atoms with Crippen molar-refractivity contribution in [3.63, 3.8) is 0 Å².